The third-order valence-electron chi connectivity index (χ3n) is 5.92. The van der Waals surface area contributed by atoms with Gasteiger partial charge in [-0.1, -0.05) is 20.8 Å². The molecule has 0 radical (unpaired) electrons. The number of fused-ring (bicyclic) bond motifs is 1. The molecule has 2 aromatic rings. The molecule has 1 aromatic heterocycles. The second-order valence-electron chi connectivity index (χ2n) is 9.82. The Morgan fingerprint density at radius 1 is 1.23 bits per heavy atom. The Kier molecular flexibility index (Phi) is 5.57. The molecule has 0 aliphatic carbocycles. The van der Waals surface area contributed by atoms with Gasteiger partial charge in [0.1, 0.15) is 11.4 Å². The number of ether oxygens (including phenoxy) is 1. The molecule has 158 valence electrons. The van der Waals surface area contributed by atoms with Gasteiger partial charge in [0.25, 0.3) is 5.56 Å². The fourth-order valence-electron chi connectivity index (χ4n) is 3.12. The Bertz CT molecular complexity index is 1100. The molecule has 6 heteroatoms. The molecule has 0 spiro atoms. The smallest absolute Gasteiger partial charge is 0.260 e. The minimum absolute atomic E-state index is 0.0701. The largest absolute Gasteiger partial charge is 0.483 e. The first kappa shape index (κ1) is 22.1. The van der Waals surface area contributed by atoms with Gasteiger partial charge in [-0.2, -0.15) is 5.26 Å². The van der Waals surface area contributed by atoms with Crippen LogP contribution in [0.2, 0.25) is 18.1 Å². The molecular weight excluding hydrogens is 392 g/mol. The molecule has 0 fully saturated rings. The average molecular weight is 423 g/mol. The van der Waals surface area contributed by atoms with Gasteiger partial charge >= 0.3 is 0 Å². The predicted molar refractivity (Wildman–Crippen MR) is 122 cm³/mol. The van der Waals surface area contributed by atoms with E-state index in [1.165, 1.54) is 0 Å². The minimum Gasteiger partial charge on any atom is -0.483 e. The molecule has 0 atom stereocenters. The van der Waals surface area contributed by atoms with Gasteiger partial charge in [0.2, 0.25) is 0 Å². The van der Waals surface area contributed by atoms with Crippen molar-refractivity contribution in [3.63, 3.8) is 0 Å². The second kappa shape index (κ2) is 7.57. The number of aromatic nitrogens is 1. The molecule has 0 saturated heterocycles. The Labute approximate surface area is 179 Å². The fourth-order valence-corrected chi connectivity index (χ4v) is 4.07. The van der Waals surface area contributed by atoms with Gasteiger partial charge in [-0.25, -0.2) is 0 Å². The average Bonchev–Trinajstić information content (AvgIpc) is 2.64. The van der Waals surface area contributed by atoms with Crippen LogP contribution in [0.3, 0.4) is 0 Å². The van der Waals surface area contributed by atoms with E-state index in [1.807, 2.05) is 32.1 Å². The molecule has 1 aromatic carbocycles. The highest BCUT2D eigenvalue weighted by atomic mass is 28.4. The summed E-state index contributed by atoms with van der Waals surface area (Å²) in [4.78, 5) is 13.4. The quantitative estimate of drug-likeness (QED) is 0.627. The van der Waals surface area contributed by atoms with Crippen LogP contribution < -0.4 is 10.3 Å². The summed E-state index contributed by atoms with van der Waals surface area (Å²) in [5.74, 6) is 0.659. The van der Waals surface area contributed by atoms with Crippen LogP contribution in [-0.2, 0) is 11.0 Å². The van der Waals surface area contributed by atoms with Gasteiger partial charge in [0.15, 0.2) is 8.32 Å². The summed E-state index contributed by atoms with van der Waals surface area (Å²) in [7, 11) is -1.98. The summed E-state index contributed by atoms with van der Waals surface area (Å²) in [5.41, 5.74) is 1.90. The number of hydrogen-bond acceptors (Lipinski definition) is 4. The van der Waals surface area contributed by atoms with Crippen molar-refractivity contribution < 1.29 is 9.16 Å². The predicted octanol–water partition coefficient (Wildman–Crippen LogP) is 5.30. The minimum atomic E-state index is -1.98. The first-order valence-electron chi connectivity index (χ1n) is 10.2. The van der Waals surface area contributed by atoms with Crippen LogP contribution in [-0.4, -0.2) is 18.5 Å². The summed E-state index contributed by atoms with van der Waals surface area (Å²) >= 11 is 0. The summed E-state index contributed by atoms with van der Waals surface area (Å²) in [6.07, 6.45) is 3.69. The van der Waals surface area contributed by atoms with E-state index in [1.54, 1.807) is 29.0 Å². The lowest BCUT2D eigenvalue weighted by Gasteiger charge is -2.36. The van der Waals surface area contributed by atoms with Crippen molar-refractivity contribution in [1.82, 2.24) is 4.57 Å². The van der Waals surface area contributed by atoms with E-state index >= 15 is 0 Å². The monoisotopic (exact) mass is 422 g/mol. The number of nitriles is 1. The molecular formula is C24H30N2O3Si. The first-order valence-corrected chi connectivity index (χ1v) is 13.1. The summed E-state index contributed by atoms with van der Waals surface area (Å²) in [6, 6.07) is 11.1. The first-order chi connectivity index (χ1) is 13.8. The highest BCUT2D eigenvalue weighted by molar-refractivity contribution is 6.74. The van der Waals surface area contributed by atoms with Gasteiger partial charge in [-0.05, 0) is 68.4 Å². The van der Waals surface area contributed by atoms with Crippen LogP contribution in [0.5, 0.6) is 5.75 Å². The molecule has 1 aliphatic rings. The Hall–Kier alpha value is -2.62. The van der Waals surface area contributed by atoms with Crippen molar-refractivity contribution in [1.29, 1.82) is 5.26 Å². The molecule has 0 saturated carbocycles. The van der Waals surface area contributed by atoms with E-state index in [-0.39, 0.29) is 17.2 Å². The van der Waals surface area contributed by atoms with Gasteiger partial charge in [-0.15, -0.1) is 0 Å². The Morgan fingerprint density at radius 3 is 2.57 bits per heavy atom. The zero-order chi connectivity index (χ0) is 22.3. The summed E-state index contributed by atoms with van der Waals surface area (Å²) < 4.78 is 14.0. The van der Waals surface area contributed by atoms with Crippen LogP contribution in [0.15, 0.2) is 47.4 Å². The molecule has 1 aliphatic heterocycles. The Morgan fingerprint density at radius 2 is 1.93 bits per heavy atom. The van der Waals surface area contributed by atoms with E-state index in [9.17, 15) is 10.1 Å². The molecule has 0 amide bonds. The number of pyridine rings is 1. The van der Waals surface area contributed by atoms with E-state index < -0.39 is 13.9 Å². The van der Waals surface area contributed by atoms with E-state index in [4.69, 9.17) is 9.16 Å². The highest BCUT2D eigenvalue weighted by Crippen LogP contribution is 2.38. The van der Waals surface area contributed by atoms with Gasteiger partial charge in [0.05, 0.1) is 23.9 Å². The van der Waals surface area contributed by atoms with Crippen molar-refractivity contribution in [2.45, 2.75) is 65.0 Å². The normalized spacial score (nSPS) is 15.6. The molecule has 0 N–H and O–H groups in total. The maximum Gasteiger partial charge on any atom is 0.260 e. The lowest BCUT2D eigenvalue weighted by atomic mass is 9.97. The van der Waals surface area contributed by atoms with Crippen LogP contribution in [0, 0.1) is 11.3 Å². The maximum absolute atomic E-state index is 13.4. The van der Waals surface area contributed by atoms with E-state index in [2.05, 4.69) is 39.9 Å². The lowest BCUT2D eigenvalue weighted by molar-refractivity contribution is 0.157. The van der Waals surface area contributed by atoms with Crippen LogP contribution >= 0.6 is 0 Å². The van der Waals surface area contributed by atoms with Gasteiger partial charge in [-0.3, -0.25) is 9.36 Å². The van der Waals surface area contributed by atoms with Crippen molar-refractivity contribution in [3.8, 4) is 11.8 Å². The lowest BCUT2D eigenvalue weighted by Crippen LogP contribution is -2.41. The maximum atomic E-state index is 13.4. The van der Waals surface area contributed by atoms with E-state index in [0.29, 0.717) is 16.9 Å². The number of nitrogens with zero attached hydrogens (tertiary/aromatic N) is 2. The molecule has 30 heavy (non-hydrogen) atoms. The third-order valence-corrected chi connectivity index (χ3v) is 10.4. The number of hydrogen-bond donors (Lipinski definition) is 0. The van der Waals surface area contributed by atoms with Crippen molar-refractivity contribution in [2.24, 2.45) is 0 Å². The van der Waals surface area contributed by atoms with Crippen molar-refractivity contribution >= 4 is 14.0 Å². The molecule has 3 rings (SSSR count). The van der Waals surface area contributed by atoms with E-state index in [0.717, 1.165) is 11.3 Å². The van der Waals surface area contributed by atoms with Crippen LogP contribution in [0.4, 0.5) is 0 Å². The van der Waals surface area contributed by atoms with Crippen molar-refractivity contribution in [3.05, 3.63) is 69.6 Å². The zero-order valence-electron chi connectivity index (χ0n) is 18.9. The molecule has 2 heterocycles. The SMILES string of the molecule is CC1(C)C=C(n2cccc(CO[Si](C)(C)C(C)(C)C)c2=O)c2cc(C#N)ccc2O1. The fraction of sp³-hybridized carbons (Fsp3) is 0.417. The zero-order valence-corrected chi connectivity index (χ0v) is 19.9. The Balaban J connectivity index is 2.05. The summed E-state index contributed by atoms with van der Waals surface area (Å²) in [6.45, 7) is 15.1. The van der Waals surface area contributed by atoms with Gasteiger partial charge < -0.3 is 9.16 Å². The van der Waals surface area contributed by atoms with Gasteiger partial charge in [0, 0.05) is 17.3 Å². The summed E-state index contributed by atoms with van der Waals surface area (Å²) in [5, 5.41) is 9.39. The second-order valence-corrected chi connectivity index (χ2v) is 14.6. The number of rotatable bonds is 4. The highest BCUT2D eigenvalue weighted by Gasteiger charge is 2.37. The number of benzene rings is 1. The topological polar surface area (TPSA) is 64.2 Å². The third kappa shape index (κ3) is 4.28. The molecule has 0 bridgehead atoms. The molecule has 0 unspecified atom stereocenters. The van der Waals surface area contributed by atoms with Crippen LogP contribution in [0.25, 0.3) is 5.70 Å². The van der Waals surface area contributed by atoms with Crippen LogP contribution in [0.1, 0.15) is 51.3 Å². The van der Waals surface area contributed by atoms with Crippen molar-refractivity contribution in [2.75, 3.05) is 0 Å². The molecule has 5 nitrogen and oxygen atoms in total. The standard InChI is InChI=1S/C24H30N2O3Si/c1-23(2,3)30(6,7)28-16-18-9-8-12-26(22(18)27)20-14-24(4,5)29-21-11-10-17(15-25)13-19(20)21/h8-14H,16H2,1-7H3.